The average molecular weight is 436 g/mol. The zero-order valence-corrected chi connectivity index (χ0v) is 17.8. The number of carbonyl (C=O) groups excluding carboxylic acids is 1. The molecule has 3 aromatic rings. The van der Waals surface area contributed by atoms with Crippen LogP contribution in [0.5, 0.6) is 5.75 Å². The van der Waals surface area contributed by atoms with Crippen molar-refractivity contribution in [2.45, 2.75) is 6.92 Å². The monoisotopic (exact) mass is 435 g/mol. The molecule has 4 rings (SSSR count). The van der Waals surface area contributed by atoms with Gasteiger partial charge in [-0.2, -0.15) is 0 Å². The standard InChI is InChI=1S/C25H19Cl2NO2/c1-2-30-22-10-6-9-21(16-22)28-24(17-7-4-3-5-8-17)14-19(25(28)29)13-18-11-12-20(26)15-23(18)27/h3-16H,2H2,1H3/b19-13+. The Bertz CT molecular complexity index is 1150. The van der Waals surface area contributed by atoms with Crippen LogP contribution in [0.25, 0.3) is 11.8 Å². The van der Waals surface area contributed by atoms with E-state index in [4.69, 9.17) is 27.9 Å². The van der Waals surface area contributed by atoms with Crippen molar-refractivity contribution in [3.8, 4) is 5.75 Å². The molecule has 0 bridgehead atoms. The summed E-state index contributed by atoms with van der Waals surface area (Å²) in [5.74, 6) is 0.585. The molecule has 0 aliphatic carbocycles. The third-order valence-electron chi connectivity index (χ3n) is 4.71. The number of amides is 1. The van der Waals surface area contributed by atoms with E-state index in [0.717, 1.165) is 22.5 Å². The molecular formula is C25H19Cl2NO2. The van der Waals surface area contributed by atoms with Gasteiger partial charge in [0.15, 0.2) is 0 Å². The maximum atomic E-state index is 13.4. The first-order chi connectivity index (χ1) is 14.6. The molecule has 0 aromatic heterocycles. The highest BCUT2D eigenvalue weighted by atomic mass is 35.5. The number of benzene rings is 3. The summed E-state index contributed by atoms with van der Waals surface area (Å²) in [6.07, 6.45) is 3.67. The van der Waals surface area contributed by atoms with Crippen molar-refractivity contribution < 1.29 is 9.53 Å². The van der Waals surface area contributed by atoms with Gasteiger partial charge in [-0.1, -0.05) is 65.7 Å². The smallest absolute Gasteiger partial charge is 0.262 e. The van der Waals surface area contributed by atoms with Crippen molar-refractivity contribution in [1.29, 1.82) is 0 Å². The second-order valence-electron chi connectivity index (χ2n) is 6.73. The second kappa shape index (κ2) is 8.78. The molecule has 0 N–H and O–H groups in total. The summed E-state index contributed by atoms with van der Waals surface area (Å²) >= 11 is 12.3. The molecule has 3 nitrogen and oxygen atoms in total. The van der Waals surface area contributed by atoms with E-state index in [1.807, 2.05) is 67.6 Å². The lowest BCUT2D eigenvalue weighted by atomic mass is 10.1. The quantitative estimate of drug-likeness (QED) is 0.409. The molecule has 0 saturated carbocycles. The van der Waals surface area contributed by atoms with Gasteiger partial charge in [-0.25, -0.2) is 0 Å². The molecule has 1 aliphatic heterocycles. The predicted molar refractivity (Wildman–Crippen MR) is 124 cm³/mol. The van der Waals surface area contributed by atoms with Crippen LogP contribution in [0.3, 0.4) is 0 Å². The van der Waals surface area contributed by atoms with E-state index in [0.29, 0.717) is 28.0 Å². The molecule has 0 atom stereocenters. The van der Waals surface area contributed by atoms with Crippen LogP contribution in [0.15, 0.2) is 84.4 Å². The third-order valence-corrected chi connectivity index (χ3v) is 5.28. The number of rotatable bonds is 5. The molecule has 0 fully saturated rings. The van der Waals surface area contributed by atoms with Crippen LogP contribution in [-0.4, -0.2) is 12.5 Å². The summed E-state index contributed by atoms with van der Waals surface area (Å²) in [6.45, 7) is 2.48. The largest absolute Gasteiger partial charge is 0.494 e. The Kier molecular flexibility index (Phi) is 5.93. The minimum atomic E-state index is -0.131. The molecule has 0 radical (unpaired) electrons. The fraction of sp³-hybridized carbons (Fsp3) is 0.0800. The first-order valence-electron chi connectivity index (χ1n) is 9.58. The minimum absolute atomic E-state index is 0.131. The van der Waals surface area contributed by atoms with E-state index >= 15 is 0 Å². The lowest BCUT2D eigenvalue weighted by Crippen LogP contribution is -2.25. The van der Waals surface area contributed by atoms with Crippen LogP contribution in [0.4, 0.5) is 5.69 Å². The molecule has 3 aromatic carbocycles. The molecule has 0 spiro atoms. The van der Waals surface area contributed by atoms with Gasteiger partial charge in [-0.3, -0.25) is 9.69 Å². The second-order valence-corrected chi connectivity index (χ2v) is 7.58. The number of halogens is 2. The van der Waals surface area contributed by atoms with Crippen LogP contribution in [0.1, 0.15) is 18.1 Å². The van der Waals surface area contributed by atoms with Crippen LogP contribution in [-0.2, 0) is 4.79 Å². The van der Waals surface area contributed by atoms with Crippen LogP contribution in [0, 0.1) is 0 Å². The number of hydrogen-bond acceptors (Lipinski definition) is 2. The summed E-state index contributed by atoms with van der Waals surface area (Å²) in [5, 5.41) is 1.05. The van der Waals surface area contributed by atoms with Gasteiger partial charge >= 0.3 is 0 Å². The van der Waals surface area contributed by atoms with Crippen molar-refractivity contribution in [1.82, 2.24) is 0 Å². The van der Waals surface area contributed by atoms with Gasteiger partial charge in [-0.05, 0) is 54.5 Å². The average Bonchev–Trinajstić information content (AvgIpc) is 3.07. The number of nitrogens with zero attached hydrogens (tertiary/aromatic N) is 1. The van der Waals surface area contributed by atoms with Crippen molar-refractivity contribution in [2.75, 3.05) is 11.5 Å². The van der Waals surface area contributed by atoms with Crippen LogP contribution < -0.4 is 9.64 Å². The SMILES string of the molecule is CCOc1cccc(N2C(=O)/C(=C/c3ccc(Cl)cc3Cl)C=C2c2ccccc2)c1. The Morgan fingerprint density at radius 2 is 1.77 bits per heavy atom. The predicted octanol–water partition coefficient (Wildman–Crippen LogP) is 6.86. The van der Waals surface area contributed by atoms with Crippen molar-refractivity contribution in [2.24, 2.45) is 0 Å². The number of hydrogen-bond donors (Lipinski definition) is 0. The van der Waals surface area contributed by atoms with Gasteiger partial charge in [0, 0.05) is 21.7 Å². The van der Waals surface area contributed by atoms with E-state index in [9.17, 15) is 4.79 Å². The summed E-state index contributed by atoms with van der Waals surface area (Å²) in [6, 6.07) is 22.6. The maximum Gasteiger partial charge on any atom is 0.262 e. The van der Waals surface area contributed by atoms with Crippen molar-refractivity contribution in [3.05, 3.63) is 106 Å². The fourth-order valence-electron chi connectivity index (χ4n) is 3.36. The molecule has 30 heavy (non-hydrogen) atoms. The number of ether oxygens (including phenoxy) is 1. The Labute approximate surface area is 185 Å². The topological polar surface area (TPSA) is 29.5 Å². The lowest BCUT2D eigenvalue weighted by Gasteiger charge is -2.21. The molecule has 150 valence electrons. The van der Waals surface area contributed by atoms with Gasteiger partial charge in [0.05, 0.1) is 18.0 Å². The minimum Gasteiger partial charge on any atom is -0.494 e. The zero-order chi connectivity index (χ0) is 21.1. The number of anilines is 1. The fourth-order valence-corrected chi connectivity index (χ4v) is 3.82. The normalized spacial score (nSPS) is 14.9. The Morgan fingerprint density at radius 3 is 2.50 bits per heavy atom. The van der Waals surface area contributed by atoms with Gasteiger partial charge in [0.25, 0.3) is 5.91 Å². The highest BCUT2D eigenvalue weighted by molar-refractivity contribution is 6.35. The van der Waals surface area contributed by atoms with E-state index in [1.54, 1.807) is 29.2 Å². The summed E-state index contributed by atoms with van der Waals surface area (Å²) in [4.78, 5) is 15.1. The zero-order valence-electron chi connectivity index (χ0n) is 16.3. The molecule has 0 unspecified atom stereocenters. The molecule has 1 amide bonds. The Morgan fingerprint density at radius 1 is 0.967 bits per heavy atom. The highest BCUT2D eigenvalue weighted by Gasteiger charge is 2.30. The Balaban J connectivity index is 1.81. The van der Waals surface area contributed by atoms with Crippen LogP contribution >= 0.6 is 23.2 Å². The van der Waals surface area contributed by atoms with E-state index in [-0.39, 0.29) is 5.91 Å². The van der Waals surface area contributed by atoms with E-state index < -0.39 is 0 Å². The van der Waals surface area contributed by atoms with E-state index in [1.165, 1.54) is 0 Å². The van der Waals surface area contributed by atoms with E-state index in [2.05, 4.69) is 0 Å². The first-order valence-corrected chi connectivity index (χ1v) is 10.3. The number of carbonyl (C=O) groups is 1. The van der Waals surface area contributed by atoms with Crippen LogP contribution in [0.2, 0.25) is 10.0 Å². The molecule has 0 saturated heterocycles. The van der Waals surface area contributed by atoms with Gasteiger partial charge < -0.3 is 4.74 Å². The maximum absolute atomic E-state index is 13.4. The van der Waals surface area contributed by atoms with Gasteiger partial charge in [0.1, 0.15) is 5.75 Å². The summed E-state index contributed by atoms with van der Waals surface area (Å²) in [7, 11) is 0. The van der Waals surface area contributed by atoms with Crippen molar-refractivity contribution >= 4 is 46.6 Å². The summed E-state index contributed by atoms with van der Waals surface area (Å²) in [5.41, 5.74) is 3.76. The third kappa shape index (κ3) is 4.13. The first kappa shape index (κ1) is 20.3. The summed E-state index contributed by atoms with van der Waals surface area (Å²) < 4.78 is 5.63. The van der Waals surface area contributed by atoms with Gasteiger partial charge in [0.2, 0.25) is 0 Å². The van der Waals surface area contributed by atoms with Gasteiger partial charge in [-0.15, -0.1) is 0 Å². The lowest BCUT2D eigenvalue weighted by molar-refractivity contribution is -0.113. The van der Waals surface area contributed by atoms with Crippen molar-refractivity contribution in [3.63, 3.8) is 0 Å². The Hall–Kier alpha value is -3.01. The molecule has 1 heterocycles. The molecule has 1 aliphatic rings. The molecular weight excluding hydrogens is 417 g/mol. The molecule has 5 heteroatoms. The highest BCUT2D eigenvalue weighted by Crippen LogP contribution is 2.37.